The Hall–Kier alpha value is -0.720. The molecule has 0 radical (unpaired) electrons. The van der Waals surface area contributed by atoms with Gasteiger partial charge in [0.15, 0.2) is 0 Å². The van der Waals surface area contributed by atoms with Crippen LogP contribution in [0.5, 0.6) is 0 Å². The Morgan fingerprint density at radius 1 is 0.104 bits per heavy atom. The normalized spacial score (nSPS) is 28.6. The average Bonchev–Trinajstić information content (AvgIpc) is 0.797. The largest absolute Gasteiger partial charge is 0.306 e. The second kappa shape index (κ2) is 72.6. The van der Waals surface area contributed by atoms with E-state index in [0.29, 0.717) is 43.8 Å². The van der Waals surface area contributed by atoms with Gasteiger partial charge < -0.3 is 78.4 Å². The van der Waals surface area contributed by atoms with E-state index in [1.807, 2.05) is 125 Å². The molecule has 9 spiro atoms. The Kier molecular flexibility index (Phi) is 71.1. The van der Waals surface area contributed by atoms with Crippen LogP contribution in [-0.4, -0.2) is 447 Å². The fourth-order valence-corrected chi connectivity index (χ4v) is 27.0. The van der Waals surface area contributed by atoms with Crippen LogP contribution < -0.4 is 0 Å². The minimum Gasteiger partial charge on any atom is -0.306 e. The topological polar surface area (TPSA) is 58.3 Å². The Bertz CT molecular complexity index is 2480. The predicted octanol–water partition coefficient (Wildman–Crippen LogP) is 22.6. The van der Waals surface area contributed by atoms with Gasteiger partial charge >= 0.3 is 0 Å². The molecule has 18 heteroatoms. The lowest BCUT2D eigenvalue weighted by Gasteiger charge is -2.50. The third-order valence-corrected chi connectivity index (χ3v) is 35.4. The van der Waals surface area contributed by atoms with E-state index in [0.717, 1.165) is 5.41 Å². The maximum absolute atomic E-state index is 2.63. The van der Waals surface area contributed by atoms with Gasteiger partial charge in [-0.05, 0) is 542 Å². The summed E-state index contributed by atoms with van der Waals surface area (Å²) in [6.07, 6.45) is 57.1. The van der Waals surface area contributed by atoms with Gasteiger partial charge in [0.1, 0.15) is 0 Å². The van der Waals surface area contributed by atoms with Gasteiger partial charge in [0.2, 0.25) is 0 Å². The van der Waals surface area contributed by atoms with Crippen LogP contribution in [0.4, 0.5) is 0 Å². The summed E-state index contributed by atoms with van der Waals surface area (Å²) < 4.78 is 0. The molecule has 2 unspecified atom stereocenters. The molecule has 18 aliphatic rings. The van der Waals surface area contributed by atoms with Crippen molar-refractivity contribution < 1.29 is 0 Å². The highest BCUT2D eigenvalue weighted by molar-refractivity contribution is 5.02. The van der Waals surface area contributed by atoms with Crippen molar-refractivity contribution in [3.63, 3.8) is 0 Å². The van der Waals surface area contributed by atoms with Crippen LogP contribution in [0.15, 0.2) is 0 Å². The van der Waals surface area contributed by atoms with Gasteiger partial charge in [-0.1, -0.05) is 150 Å². The quantitative estimate of drug-likeness (QED) is 0.231. The molecule has 0 aromatic rings. The average molecular weight is 1910 g/mol. The van der Waals surface area contributed by atoms with Crippen molar-refractivity contribution in [3.8, 4) is 0 Å². The number of likely N-dealkylation sites (tertiary alicyclic amines) is 18. The molecular formula is C117H252N18. The minimum absolute atomic E-state index is 0.547. The fourth-order valence-electron chi connectivity index (χ4n) is 27.0. The molecule has 0 aliphatic carbocycles. The number of hydrogen-bond acceptors (Lipinski definition) is 18. The van der Waals surface area contributed by atoms with Crippen molar-refractivity contribution in [2.75, 3.05) is 336 Å². The number of nitrogens with zero attached hydrogens (tertiary/aromatic N) is 18. The zero-order valence-electron chi connectivity index (χ0n) is 99.5. The van der Waals surface area contributed by atoms with E-state index in [-0.39, 0.29) is 0 Å². The minimum atomic E-state index is 0.547. The third kappa shape index (κ3) is 46.1. The van der Waals surface area contributed by atoms with E-state index in [4.69, 9.17) is 0 Å². The van der Waals surface area contributed by atoms with Gasteiger partial charge in [-0.2, -0.15) is 0 Å². The van der Waals surface area contributed by atoms with Gasteiger partial charge in [0.05, 0.1) is 0 Å². The number of hydrogen-bond donors (Lipinski definition) is 0. The highest BCUT2D eigenvalue weighted by Gasteiger charge is 2.46. The number of rotatable bonds is 0. The van der Waals surface area contributed by atoms with Crippen LogP contribution in [-0.2, 0) is 0 Å². The second-order valence-corrected chi connectivity index (χ2v) is 45.5. The molecule has 135 heavy (non-hydrogen) atoms. The van der Waals surface area contributed by atoms with Crippen LogP contribution in [0.1, 0.15) is 381 Å². The van der Waals surface area contributed by atoms with E-state index in [2.05, 4.69) is 215 Å². The second-order valence-electron chi connectivity index (χ2n) is 45.5. The van der Waals surface area contributed by atoms with Crippen molar-refractivity contribution in [1.29, 1.82) is 0 Å². The standard InChI is InChI=1S/9C11H22N2.9C2H6/c1-12-7-3-11(4-8-12)5-9-13(2)10-6-11;2*1-12-7-3-5-11(9-12)6-4-8-13(2)10-11;2*1-12-8-5-11(6-9-12)4-3-7-13(2)10-11;2*1-12-8-5-7-11(10-12)6-3-4-9-13(11)2;2*1-12-9-6-11(7-10-12)5-3-4-8-13(11)2;9*1-2/h9*3-10H2,1-2H3;9*1-2H3. The fraction of sp³-hybridized carbons (Fsp3) is 1.00. The summed E-state index contributed by atoms with van der Waals surface area (Å²) in [6, 6.07) is 0. The van der Waals surface area contributed by atoms with Gasteiger partial charge in [0, 0.05) is 74.5 Å². The maximum atomic E-state index is 2.63. The lowest BCUT2D eigenvalue weighted by Crippen LogP contribution is -2.58. The Morgan fingerprint density at radius 3 is 0.437 bits per heavy atom. The first-order valence-electron chi connectivity index (χ1n) is 59.4. The van der Waals surface area contributed by atoms with Crippen molar-refractivity contribution >= 4 is 0 Å². The maximum Gasteiger partial charge on any atom is 0.0333 e. The molecule has 0 saturated carbocycles. The molecule has 0 bridgehead atoms. The Balaban J connectivity index is 0.000000743. The zero-order chi connectivity index (χ0) is 102. The molecule has 810 valence electrons. The van der Waals surface area contributed by atoms with E-state index in [9.17, 15) is 0 Å². The molecular weight excluding hydrogens is 1660 g/mol. The summed E-state index contributed by atoms with van der Waals surface area (Å²) in [7, 11) is 41.0. The summed E-state index contributed by atoms with van der Waals surface area (Å²) in [6.45, 7) is 78.1. The van der Waals surface area contributed by atoms with Crippen LogP contribution in [0.25, 0.3) is 0 Å². The molecule has 0 aromatic heterocycles. The van der Waals surface area contributed by atoms with Crippen molar-refractivity contribution in [2.45, 2.75) is 404 Å². The lowest BCUT2D eigenvalue weighted by atomic mass is 9.71. The first-order chi connectivity index (χ1) is 64.9. The van der Waals surface area contributed by atoms with Crippen LogP contribution in [0, 0.1) is 27.1 Å². The van der Waals surface area contributed by atoms with Gasteiger partial charge in [-0.25, -0.2) is 0 Å². The van der Waals surface area contributed by atoms with E-state index in [1.54, 1.807) is 0 Å². The van der Waals surface area contributed by atoms with Gasteiger partial charge in [-0.3, -0.25) is 9.80 Å². The molecule has 0 N–H and O–H groups in total. The summed E-state index contributed by atoms with van der Waals surface area (Å²) >= 11 is 0. The summed E-state index contributed by atoms with van der Waals surface area (Å²) in [5, 5.41) is 0. The molecule has 18 saturated heterocycles. The molecule has 2 atom stereocenters. The molecule has 18 fully saturated rings. The van der Waals surface area contributed by atoms with E-state index >= 15 is 0 Å². The number of likely N-dealkylation sites (N-methyl/N-ethyl adjacent to an activating group) is 4. The first-order valence-corrected chi connectivity index (χ1v) is 59.4. The summed E-state index contributed by atoms with van der Waals surface area (Å²) in [5.74, 6) is 0. The molecule has 0 amide bonds. The SMILES string of the molecule is CC.CC.CC.CC.CC.CC.CC.CC.CC.CN1CCC2(CC1)CCN(C)CC2.CN1CCC2(CCCCN2C)CC1.CN1CCC2(CCCCN2C)CC1.CN1CCC2(CCCN(C)C2)CC1.CN1CCC2(CCCN(C)C2)CC1.CN1CCCC2(CCCCN2C)C1.CN1CCCC2(CCCCN2C)C1.CN1CCCC2(CCCN(C)C2)C1.CN1CCCC2(CCCN(C)C2)C1. The summed E-state index contributed by atoms with van der Waals surface area (Å²) in [5.41, 5.74) is 5.70. The lowest BCUT2D eigenvalue weighted by molar-refractivity contribution is 0.00900. The van der Waals surface area contributed by atoms with Gasteiger partial charge in [-0.15, -0.1) is 0 Å². The number of piperidine rings is 18. The van der Waals surface area contributed by atoms with Crippen LogP contribution in [0.2, 0.25) is 0 Å². The van der Waals surface area contributed by atoms with Crippen molar-refractivity contribution in [2.24, 2.45) is 27.1 Å². The highest BCUT2D eigenvalue weighted by atomic mass is 15.3. The summed E-state index contributed by atoms with van der Waals surface area (Å²) in [4.78, 5) is 45.4. The first kappa shape index (κ1) is 132. The molecule has 18 rings (SSSR count). The molecule has 18 nitrogen and oxygen atoms in total. The molecule has 0 aromatic carbocycles. The van der Waals surface area contributed by atoms with Crippen LogP contribution in [0.3, 0.4) is 0 Å². The highest BCUT2D eigenvalue weighted by Crippen LogP contribution is 2.46. The van der Waals surface area contributed by atoms with E-state index < -0.39 is 0 Å². The monoisotopic (exact) mass is 1910 g/mol. The van der Waals surface area contributed by atoms with Crippen LogP contribution >= 0.6 is 0 Å². The predicted molar refractivity (Wildman–Crippen MR) is 605 cm³/mol. The van der Waals surface area contributed by atoms with Crippen molar-refractivity contribution in [1.82, 2.24) is 88.2 Å². The molecule has 18 heterocycles. The Morgan fingerprint density at radius 2 is 0.252 bits per heavy atom. The zero-order valence-corrected chi connectivity index (χ0v) is 99.5. The van der Waals surface area contributed by atoms with Gasteiger partial charge in [0.25, 0.3) is 0 Å². The smallest absolute Gasteiger partial charge is 0.0333 e. The Labute approximate surface area is 850 Å². The molecule has 18 aliphatic heterocycles. The van der Waals surface area contributed by atoms with E-state index in [1.165, 1.54) is 466 Å². The van der Waals surface area contributed by atoms with Crippen molar-refractivity contribution in [3.05, 3.63) is 0 Å². The third-order valence-electron chi connectivity index (χ3n) is 35.4.